The van der Waals surface area contributed by atoms with Crippen molar-refractivity contribution in [3.8, 4) is 0 Å². The minimum Gasteiger partial charge on any atom is -0.378 e. The second-order valence-electron chi connectivity index (χ2n) is 5.42. The van der Waals surface area contributed by atoms with Crippen LogP contribution in [0.3, 0.4) is 0 Å². The van der Waals surface area contributed by atoms with Gasteiger partial charge >= 0.3 is 0 Å². The van der Waals surface area contributed by atoms with Crippen molar-refractivity contribution in [2.24, 2.45) is 11.7 Å². The Morgan fingerprint density at radius 3 is 2.79 bits per heavy atom. The standard InChI is InChI=1S/C13H22N4O2/c14-9-10-3-1-2-4-11(10)12-15-13(16-19-12)17-5-7-18-8-6-17/h10-11H,1-9,14H2. The molecule has 1 aliphatic heterocycles. The molecular formula is C13H22N4O2. The lowest BCUT2D eigenvalue weighted by Gasteiger charge is -2.27. The Hall–Kier alpha value is -1.14. The van der Waals surface area contributed by atoms with E-state index in [0.717, 1.165) is 38.6 Å². The summed E-state index contributed by atoms with van der Waals surface area (Å²) in [5.41, 5.74) is 5.86. The zero-order chi connectivity index (χ0) is 13.1. The Balaban J connectivity index is 1.72. The predicted octanol–water partition coefficient (Wildman–Crippen LogP) is 1.14. The van der Waals surface area contributed by atoms with E-state index in [2.05, 4.69) is 15.0 Å². The summed E-state index contributed by atoms with van der Waals surface area (Å²) in [7, 11) is 0. The summed E-state index contributed by atoms with van der Waals surface area (Å²) < 4.78 is 10.8. The molecular weight excluding hydrogens is 244 g/mol. The molecule has 0 radical (unpaired) electrons. The van der Waals surface area contributed by atoms with E-state index in [1.807, 2.05) is 0 Å². The van der Waals surface area contributed by atoms with Gasteiger partial charge < -0.3 is 19.9 Å². The van der Waals surface area contributed by atoms with Gasteiger partial charge in [0.2, 0.25) is 5.89 Å². The van der Waals surface area contributed by atoms with E-state index >= 15 is 0 Å². The number of morpholine rings is 1. The molecule has 1 aliphatic carbocycles. The number of anilines is 1. The second-order valence-corrected chi connectivity index (χ2v) is 5.42. The van der Waals surface area contributed by atoms with Gasteiger partial charge in [0.15, 0.2) is 0 Å². The van der Waals surface area contributed by atoms with E-state index in [1.165, 1.54) is 19.3 Å². The molecule has 0 bridgehead atoms. The Morgan fingerprint density at radius 1 is 1.21 bits per heavy atom. The summed E-state index contributed by atoms with van der Waals surface area (Å²) in [5.74, 6) is 2.32. The van der Waals surface area contributed by atoms with E-state index in [0.29, 0.717) is 24.3 Å². The van der Waals surface area contributed by atoms with Gasteiger partial charge in [0.1, 0.15) is 0 Å². The SMILES string of the molecule is NCC1CCCCC1c1nc(N2CCOCC2)no1. The molecule has 2 atom stereocenters. The molecule has 6 heteroatoms. The molecule has 1 saturated carbocycles. The van der Waals surface area contributed by atoms with Crippen LogP contribution in [0.2, 0.25) is 0 Å². The van der Waals surface area contributed by atoms with Crippen LogP contribution in [0.25, 0.3) is 0 Å². The zero-order valence-electron chi connectivity index (χ0n) is 11.3. The number of aromatic nitrogens is 2. The highest BCUT2D eigenvalue weighted by molar-refractivity contribution is 5.28. The van der Waals surface area contributed by atoms with Crippen molar-refractivity contribution in [2.45, 2.75) is 31.6 Å². The average molecular weight is 266 g/mol. The van der Waals surface area contributed by atoms with Gasteiger partial charge in [-0.3, -0.25) is 0 Å². The molecule has 106 valence electrons. The summed E-state index contributed by atoms with van der Waals surface area (Å²) in [6.45, 7) is 3.85. The van der Waals surface area contributed by atoms with E-state index < -0.39 is 0 Å². The van der Waals surface area contributed by atoms with Crippen LogP contribution in [0.5, 0.6) is 0 Å². The summed E-state index contributed by atoms with van der Waals surface area (Å²) >= 11 is 0. The summed E-state index contributed by atoms with van der Waals surface area (Å²) in [5, 5.41) is 4.13. The number of nitrogens with zero attached hydrogens (tertiary/aromatic N) is 3. The van der Waals surface area contributed by atoms with E-state index in [4.69, 9.17) is 15.0 Å². The average Bonchev–Trinajstić information content (AvgIpc) is 2.98. The molecule has 0 spiro atoms. The van der Waals surface area contributed by atoms with E-state index in [9.17, 15) is 0 Å². The smallest absolute Gasteiger partial charge is 0.266 e. The highest BCUT2D eigenvalue weighted by Gasteiger charge is 2.30. The maximum atomic E-state index is 5.86. The summed E-state index contributed by atoms with van der Waals surface area (Å²) in [4.78, 5) is 6.71. The van der Waals surface area contributed by atoms with Crippen molar-refractivity contribution in [3.63, 3.8) is 0 Å². The molecule has 3 rings (SSSR count). The fourth-order valence-electron chi connectivity index (χ4n) is 3.08. The van der Waals surface area contributed by atoms with Crippen molar-refractivity contribution in [1.82, 2.24) is 10.1 Å². The third kappa shape index (κ3) is 2.74. The molecule has 0 aromatic carbocycles. The number of hydrogen-bond donors (Lipinski definition) is 1. The lowest BCUT2D eigenvalue weighted by atomic mass is 9.79. The van der Waals surface area contributed by atoms with Crippen molar-refractivity contribution in [1.29, 1.82) is 0 Å². The number of nitrogens with two attached hydrogens (primary N) is 1. The van der Waals surface area contributed by atoms with Gasteiger partial charge in [0.05, 0.1) is 13.2 Å². The summed E-state index contributed by atoms with van der Waals surface area (Å²) in [6.07, 6.45) is 4.79. The maximum absolute atomic E-state index is 5.86. The topological polar surface area (TPSA) is 77.4 Å². The molecule has 2 unspecified atom stereocenters. The largest absolute Gasteiger partial charge is 0.378 e. The van der Waals surface area contributed by atoms with Crippen molar-refractivity contribution < 1.29 is 9.26 Å². The van der Waals surface area contributed by atoms with Crippen LogP contribution in [-0.4, -0.2) is 43.0 Å². The Morgan fingerprint density at radius 2 is 2.00 bits per heavy atom. The van der Waals surface area contributed by atoms with Gasteiger partial charge in [-0.1, -0.05) is 12.8 Å². The van der Waals surface area contributed by atoms with Gasteiger partial charge in [-0.05, 0) is 30.5 Å². The lowest BCUT2D eigenvalue weighted by molar-refractivity contribution is 0.121. The highest BCUT2D eigenvalue weighted by atomic mass is 16.5. The van der Waals surface area contributed by atoms with Crippen LogP contribution in [0.1, 0.15) is 37.5 Å². The Labute approximate surface area is 113 Å². The normalized spacial score (nSPS) is 28.6. The van der Waals surface area contributed by atoms with Crippen LogP contribution in [0.15, 0.2) is 4.52 Å². The van der Waals surface area contributed by atoms with E-state index in [1.54, 1.807) is 0 Å². The minimum absolute atomic E-state index is 0.348. The number of ether oxygens (including phenoxy) is 1. The first kappa shape index (κ1) is 12.9. The van der Waals surface area contributed by atoms with Gasteiger partial charge in [-0.2, -0.15) is 4.98 Å². The molecule has 2 N–H and O–H groups in total. The third-order valence-electron chi connectivity index (χ3n) is 4.25. The first-order valence-corrected chi connectivity index (χ1v) is 7.25. The molecule has 1 aromatic rings. The monoisotopic (exact) mass is 266 g/mol. The van der Waals surface area contributed by atoms with Crippen LogP contribution in [0.4, 0.5) is 5.95 Å². The molecule has 2 aliphatic rings. The van der Waals surface area contributed by atoms with Crippen LogP contribution >= 0.6 is 0 Å². The molecule has 1 saturated heterocycles. The summed E-state index contributed by atoms with van der Waals surface area (Å²) in [6, 6.07) is 0. The molecule has 6 nitrogen and oxygen atoms in total. The van der Waals surface area contributed by atoms with E-state index in [-0.39, 0.29) is 0 Å². The van der Waals surface area contributed by atoms with Crippen molar-refractivity contribution in [3.05, 3.63) is 5.89 Å². The molecule has 0 amide bonds. The maximum Gasteiger partial charge on any atom is 0.266 e. The van der Waals surface area contributed by atoms with Gasteiger partial charge in [-0.15, -0.1) is 0 Å². The minimum atomic E-state index is 0.348. The fraction of sp³-hybridized carbons (Fsp3) is 0.846. The molecule has 19 heavy (non-hydrogen) atoms. The van der Waals surface area contributed by atoms with Crippen LogP contribution in [-0.2, 0) is 4.74 Å². The Bertz CT molecular complexity index is 403. The lowest BCUT2D eigenvalue weighted by Crippen LogP contribution is -2.37. The second kappa shape index (κ2) is 5.88. The predicted molar refractivity (Wildman–Crippen MR) is 71.1 cm³/mol. The van der Waals surface area contributed by atoms with Crippen molar-refractivity contribution >= 4 is 5.95 Å². The first-order valence-electron chi connectivity index (χ1n) is 7.25. The Kier molecular flexibility index (Phi) is 3.98. The van der Waals surface area contributed by atoms with Crippen LogP contribution in [0, 0.1) is 5.92 Å². The van der Waals surface area contributed by atoms with Crippen LogP contribution < -0.4 is 10.6 Å². The number of rotatable bonds is 3. The van der Waals surface area contributed by atoms with Gasteiger partial charge in [0, 0.05) is 19.0 Å². The third-order valence-corrected chi connectivity index (χ3v) is 4.25. The highest BCUT2D eigenvalue weighted by Crippen LogP contribution is 2.36. The fourth-order valence-corrected chi connectivity index (χ4v) is 3.08. The quantitative estimate of drug-likeness (QED) is 0.884. The first-order chi connectivity index (χ1) is 9.38. The number of hydrogen-bond acceptors (Lipinski definition) is 6. The molecule has 1 aromatic heterocycles. The van der Waals surface area contributed by atoms with Gasteiger partial charge in [0.25, 0.3) is 5.95 Å². The van der Waals surface area contributed by atoms with Gasteiger partial charge in [-0.25, -0.2) is 0 Å². The molecule has 2 heterocycles. The molecule has 2 fully saturated rings. The zero-order valence-corrected chi connectivity index (χ0v) is 11.3. The van der Waals surface area contributed by atoms with Crippen molar-refractivity contribution in [2.75, 3.05) is 37.7 Å².